The number of hydrogen-bond acceptors (Lipinski definition) is 2. The first-order valence-electron chi connectivity index (χ1n) is 6.57. The molecule has 5 heteroatoms. The lowest BCUT2D eigenvalue weighted by molar-refractivity contribution is 0.0610. The second-order valence-electron chi connectivity index (χ2n) is 4.94. The maximum absolute atomic E-state index is 11.1. The van der Waals surface area contributed by atoms with Crippen molar-refractivity contribution in [2.75, 3.05) is 7.05 Å². The molecule has 4 nitrogen and oxygen atoms in total. The van der Waals surface area contributed by atoms with E-state index >= 15 is 0 Å². The van der Waals surface area contributed by atoms with Crippen LogP contribution < -0.4 is 4.74 Å². The van der Waals surface area contributed by atoms with Crippen LogP contribution in [0.3, 0.4) is 0 Å². The summed E-state index contributed by atoms with van der Waals surface area (Å²) in [6.07, 6.45) is -0.968. The maximum Gasteiger partial charge on any atom is 0.409 e. The Balaban J connectivity index is 2.01. The van der Waals surface area contributed by atoms with Gasteiger partial charge in [-0.3, -0.25) is 4.90 Å². The number of rotatable bonds is 2. The number of ether oxygens (including phenoxy) is 1. The van der Waals surface area contributed by atoms with Gasteiger partial charge in [-0.25, -0.2) is 4.79 Å². The van der Waals surface area contributed by atoms with Crippen molar-refractivity contribution in [2.24, 2.45) is 0 Å². The molecule has 0 bridgehead atoms. The number of benzene rings is 2. The van der Waals surface area contributed by atoms with Crippen LogP contribution in [0.1, 0.15) is 5.56 Å². The number of likely N-dealkylation sites (N-methyl/N-ethyl adjacent to an activating group) is 1. The Morgan fingerprint density at radius 1 is 1.24 bits per heavy atom. The zero-order valence-electron chi connectivity index (χ0n) is 11.4. The van der Waals surface area contributed by atoms with Crippen molar-refractivity contribution in [3.63, 3.8) is 0 Å². The van der Waals surface area contributed by atoms with Crippen LogP contribution in [0.2, 0.25) is 5.02 Å². The molecule has 1 aliphatic rings. The molecule has 0 aliphatic carbocycles. The van der Waals surface area contributed by atoms with E-state index in [9.17, 15) is 4.79 Å². The summed E-state index contributed by atoms with van der Waals surface area (Å²) >= 11 is 6.25. The standard InChI is InChI=1S/C16H14ClNO3/c1-18(16(19)20)14-9-10-5-4-7-12(15(10)21-14)11-6-2-3-8-13(11)17/h2-8,14H,9H2,1H3,(H,19,20). The van der Waals surface area contributed by atoms with Gasteiger partial charge in [-0.15, -0.1) is 0 Å². The number of carboxylic acid groups (broad SMARTS) is 1. The van der Waals surface area contributed by atoms with Crippen LogP contribution in [0, 0.1) is 0 Å². The molecule has 108 valence electrons. The Morgan fingerprint density at radius 2 is 1.95 bits per heavy atom. The summed E-state index contributed by atoms with van der Waals surface area (Å²) in [4.78, 5) is 12.2. The van der Waals surface area contributed by atoms with E-state index in [0.29, 0.717) is 17.2 Å². The predicted octanol–water partition coefficient (Wildman–Crippen LogP) is 3.88. The van der Waals surface area contributed by atoms with Gasteiger partial charge in [-0.05, 0) is 6.07 Å². The first-order valence-corrected chi connectivity index (χ1v) is 6.95. The molecular formula is C16H14ClNO3. The number of para-hydroxylation sites is 1. The lowest BCUT2D eigenvalue weighted by atomic mass is 10.0. The van der Waals surface area contributed by atoms with E-state index in [-0.39, 0.29) is 0 Å². The Labute approximate surface area is 127 Å². The van der Waals surface area contributed by atoms with E-state index in [4.69, 9.17) is 21.4 Å². The molecule has 0 radical (unpaired) electrons. The van der Waals surface area contributed by atoms with Crippen molar-refractivity contribution in [2.45, 2.75) is 12.6 Å². The highest BCUT2D eigenvalue weighted by Crippen LogP contribution is 2.41. The Morgan fingerprint density at radius 3 is 2.67 bits per heavy atom. The van der Waals surface area contributed by atoms with Crippen LogP contribution >= 0.6 is 11.6 Å². The van der Waals surface area contributed by atoms with E-state index in [0.717, 1.165) is 16.7 Å². The van der Waals surface area contributed by atoms with Crippen LogP contribution in [-0.4, -0.2) is 29.4 Å². The normalized spacial score (nSPS) is 16.2. The lowest BCUT2D eigenvalue weighted by Gasteiger charge is -2.21. The monoisotopic (exact) mass is 303 g/mol. The van der Waals surface area contributed by atoms with Gasteiger partial charge in [0.05, 0.1) is 0 Å². The fourth-order valence-electron chi connectivity index (χ4n) is 2.48. The van der Waals surface area contributed by atoms with Gasteiger partial charge >= 0.3 is 6.09 Å². The molecule has 3 rings (SSSR count). The van der Waals surface area contributed by atoms with E-state index in [1.165, 1.54) is 11.9 Å². The molecule has 1 atom stereocenters. The van der Waals surface area contributed by atoms with Crippen LogP contribution in [0.25, 0.3) is 11.1 Å². The summed E-state index contributed by atoms with van der Waals surface area (Å²) in [5.74, 6) is 0.712. The summed E-state index contributed by atoms with van der Waals surface area (Å²) in [5, 5.41) is 9.72. The largest absolute Gasteiger partial charge is 0.469 e. The molecule has 0 aromatic heterocycles. The first-order chi connectivity index (χ1) is 10.1. The number of halogens is 1. The molecule has 1 N–H and O–H groups in total. The second-order valence-corrected chi connectivity index (χ2v) is 5.35. The van der Waals surface area contributed by atoms with E-state index in [1.54, 1.807) is 0 Å². The molecule has 0 spiro atoms. The quantitative estimate of drug-likeness (QED) is 0.916. The molecule has 2 aromatic carbocycles. The predicted molar refractivity (Wildman–Crippen MR) is 80.8 cm³/mol. The third-order valence-electron chi connectivity index (χ3n) is 3.64. The van der Waals surface area contributed by atoms with Crippen LogP contribution in [0.4, 0.5) is 4.79 Å². The Bertz CT molecular complexity index is 702. The third kappa shape index (κ3) is 2.43. The second kappa shape index (κ2) is 5.30. The summed E-state index contributed by atoms with van der Waals surface area (Å²) in [7, 11) is 1.51. The topological polar surface area (TPSA) is 49.8 Å². The minimum Gasteiger partial charge on any atom is -0.469 e. The van der Waals surface area contributed by atoms with Crippen molar-refractivity contribution in [3.8, 4) is 16.9 Å². The number of amides is 1. The van der Waals surface area contributed by atoms with Crippen molar-refractivity contribution in [1.29, 1.82) is 0 Å². The SMILES string of the molecule is CN(C(=O)O)C1Cc2cccc(-c3ccccc3Cl)c2O1. The highest BCUT2D eigenvalue weighted by Gasteiger charge is 2.31. The van der Waals surface area contributed by atoms with Crippen molar-refractivity contribution >= 4 is 17.7 Å². The molecule has 1 aliphatic heterocycles. The van der Waals surface area contributed by atoms with Crippen LogP contribution in [-0.2, 0) is 6.42 Å². The molecule has 1 amide bonds. The van der Waals surface area contributed by atoms with Crippen molar-refractivity contribution in [3.05, 3.63) is 53.1 Å². The minimum absolute atomic E-state index is 0.499. The fraction of sp³-hybridized carbons (Fsp3) is 0.188. The summed E-state index contributed by atoms with van der Waals surface area (Å²) < 4.78 is 5.86. The van der Waals surface area contributed by atoms with E-state index < -0.39 is 12.3 Å². The molecule has 0 saturated carbocycles. The average Bonchev–Trinajstić information content (AvgIpc) is 2.90. The van der Waals surface area contributed by atoms with Gasteiger partial charge in [0.1, 0.15) is 5.75 Å². The smallest absolute Gasteiger partial charge is 0.409 e. The van der Waals surface area contributed by atoms with Crippen molar-refractivity contribution in [1.82, 2.24) is 4.90 Å². The van der Waals surface area contributed by atoms with Crippen LogP contribution in [0.15, 0.2) is 42.5 Å². The van der Waals surface area contributed by atoms with E-state index in [2.05, 4.69) is 0 Å². The Hall–Kier alpha value is -2.20. The van der Waals surface area contributed by atoms with Gasteiger partial charge in [-0.1, -0.05) is 48.0 Å². The van der Waals surface area contributed by atoms with Gasteiger partial charge in [0.25, 0.3) is 0 Å². The Kier molecular flexibility index (Phi) is 3.47. The molecular weight excluding hydrogens is 290 g/mol. The van der Waals surface area contributed by atoms with Gasteiger partial charge in [0.15, 0.2) is 6.23 Å². The number of nitrogens with zero attached hydrogens (tertiary/aromatic N) is 1. The summed E-state index contributed by atoms with van der Waals surface area (Å²) in [6.45, 7) is 0. The zero-order valence-corrected chi connectivity index (χ0v) is 12.2. The first kappa shape index (κ1) is 13.8. The number of hydrogen-bond donors (Lipinski definition) is 1. The lowest BCUT2D eigenvalue weighted by Crippen LogP contribution is -2.38. The van der Waals surface area contributed by atoms with Gasteiger partial charge in [0, 0.05) is 35.2 Å². The summed E-state index contributed by atoms with van der Waals surface area (Å²) in [6, 6.07) is 13.4. The van der Waals surface area contributed by atoms with Gasteiger partial charge < -0.3 is 9.84 Å². The molecule has 0 fully saturated rings. The molecule has 2 aromatic rings. The fourth-order valence-corrected chi connectivity index (χ4v) is 2.72. The maximum atomic E-state index is 11.1. The van der Waals surface area contributed by atoms with E-state index in [1.807, 2.05) is 42.5 Å². The molecule has 0 saturated heterocycles. The highest BCUT2D eigenvalue weighted by atomic mass is 35.5. The van der Waals surface area contributed by atoms with Crippen LogP contribution in [0.5, 0.6) is 5.75 Å². The molecule has 21 heavy (non-hydrogen) atoms. The van der Waals surface area contributed by atoms with Gasteiger partial charge in [-0.2, -0.15) is 0 Å². The minimum atomic E-state index is -1.01. The third-order valence-corrected chi connectivity index (χ3v) is 3.97. The molecule has 1 unspecified atom stereocenters. The number of carbonyl (C=O) groups is 1. The highest BCUT2D eigenvalue weighted by molar-refractivity contribution is 6.33. The zero-order chi connectivity index (χ0) is 15.0. The summed E-state index contributed by atoms with van der Waals surface area (Å²) in [5.41, 5.74) is 2.76. The van der Waals surface area contributed by atoms with Gasteiger partial charge in [0.2, 0.25) is 0 Å². The average molecular weight is 304 g/mol. The molecule has 1 heterocycles. The number of fused-ring (bicyclic) bond motifs is 1. The van der Waals surface area contributed by atoms with Crippen molar-refractivity contribution < 1.29 is 14.6 Å².